The van der Waals surface area contributed by atoms with Crippen molar-refractivity contribution in [3.63, 3.8) is 0 Å². The third kappa shape index (κ3) is 4.52. The quantitative estimate of drug-likeness (QED) is 0.656. The molecule has 0 bridgehead atoms. The summed E-state index contributed by atoms with van der Waals surface area (Å²) in [6.07, 6.45) is 17.4. The first kappa shape index (κ1) is 18.1. The van der Waals surface area contributed by atoms with Gasteiger partial charge in [0.2, 0.25) is 0 Å². The Balaban J connectivity index is 1.37. The van der Waals surface area contributed by atoms with Crippen LogP contribution in [0.1, 0.15) is 22.3 Å². The van der Waals surface area contributed by atoms with Crippen molar-refractivity contribution < 1.29 is 0 Å². The van der Waals surface area contributed by atoms with Gasteiger partial charge in [0.25, 0.3) is 0 Å². The maximum Gasteiger partial charge on any atom is 0.0470 e. The molecule has 2 heteroatoms. The van der Waals surface area contributed by atoms with Crippen molar-refractivity contribution in [3.8, 4) is 0 Å². The second-order valence-corrected chi connectivity index (χ2v) is 7.49. The van der Waals surface area contributed by atoms with E-state index in [0.717, 1.165) is 13.1 Å². The van der Waals surface area contributed by atoms with E-state index in [-0.39, 0.29) is 0 Å². The summed E-state index contributed by atoms with van der Waals surface area (Å²) in [5.41, 5.74) is 7.71. The van der Waals surface area contributed by atoms with Gasteiger partial charge in [-0.15, -0.1) is 0 Å². The van der Waals surface area contributed by atoms with Crippen LogP contribution in [0.2, 0.25) is 0 Å². The highest BCUT2D eigenvalue weighted by Crippen LogP contribution is 2.21. The molecule has 0 fully saturated rings. The van der Waals surface area contributed by atoms with Crippen molar-refractivity contribution in [2.75, 3.05) is 0 Å². The average molecular weight is 367 g/mol. The van der Waals surface area contributed by atoms with Crippen LogP contribution in [0.5, 0.6) is 0 Å². The van der Waals surface area contributed by atoms with Gasteiger partial charge in [0.05, 0.1) is 0 Å². The fraction of sp³-hybridized carbons (Fsp3) is 0.154. The van der Waals surface area contributed by atoms with E-state index < -0.39 is 0 Å². The molecule has 2 aliphatic heterocycles. The first-order valence-electron chi connectivity index (χ1n) is 9.75. The van der Waals surface area contributed by atoms with Crippen LogP contribution >= 0.6 is 0 Å². The number of hydrogen-bond acceptors (Lipinski definition) is 2. The van der Waals surface area contributed by atoms with E-state index in [0.29, 0.717) is 0 Å². The number of aryl methyl sites for hydroxylation is 2. The lowest BCUT2D eigenvalue weighted by Gasteiger charge is -2.22. The van der Waals surface area contributed by atoms with Crippen molar-refractivity contribution in [1.82, 2.24) is 9.80 Å². The van der Waals surface area contributed by atoms with Crippen molar-refractivity contribution >= 4 is 0 Å². The number of allylic oxidation sites excluding steroid dienone is 6. The SMILES string of the molecule is Cc1ccc(CN2C=CC(=C3C=CN(Cc4ccc(C)cc4)C=C3)C=C2)cc1. The van der Waals surface area contributed by atoms with Gasteiger partial charge in [-0.25, -0.2) is 0 Å². The Morgan fingerprint density at radius 2 is 0.821 bits per heavy atom. The van der Waals surface area contributed by atoms with Crippen LogP contribution in [-0.4, -0.2) is 9.80 Å². The summed E-state index contributed by atoms with van der Waals surface area (Å²) in [4.78, 5) is 4.43. The highest BCUT2D eigenvalue weighted by molar-refractivity contribution is 5.49. The zero-order valence-electron chi connectivity index (χ0n) is 16.5. The molecule has 0 unspecified atom stereocenters. The van der Waals surface area contributed by atoms with Gasteiger partial charge < -0.3 is 9.80 Å². The summed E-state index contributed by atoms with van der Waals surface area (Å²) in [6.45, 7) is 6.03. The van der Waals surface area contributed by atoms with Gasteiger partial charge in [-0.05, 0) is 60.4 Å². The van der Waals surface area contributed by atoms with Crippen LogP contribution in [0.25, 0.3) is 0 Å². The van der Waals surface area contributed by atoms with Gasteiger partial charge in [-0.2, -0.15) is 0 Å². The molecule has 4 rings (SSSR count). The average Bonchev–Trinajstić information content (AvgIpc) is 2.73. The smallest absolute Gasteiger partial charge is 0.0470 e. The molecule has 0 saturated carbocycles. The van der Waals surface area contributed by atoms with Gasteiger partial charge in [0.15, 0.2) is 0 Å². The number of rotatable bonds is 4. The van der Waals surface area contributed by atoms with Crippen LogP contribution in [0, 0.1) is 13.8 Å². The molecular weight excluding hydrogens is 340 g/mol. The highest BCUT2D eigenvalue weighted by atomic mass is 15.1. The zero-order chi connectivity index (χ0) is 19.3. The van der Waals surface area contributed by atoms with Gasteiger partial charge >= 0.3 is 0 Å². The molecule has 2 heterocycles. The van der Waals surface area contributed by atoms with Crippen molar-refractivity contribution in [3.05, 3.63) is 131 Å². The second kappa shape index (κ2) is 8.18. The van der Waals surface area contributed by atoms with E-state index in [1.165, 1.54) is 33.4 Å². The Morgan fingerprint density at radius 1 is 0.500 bits per heavy atom. The van der Waals surface area contributed by atoms with Crippen LogP contribution in [-0.2, 0) is 13.1 Å². The van der Waals surface area contributed by atoms with Crippen LogP contribution in [0.3, 0.4) is 0 Å². The molecule has 2 aromatic carbocycles. The minimum absolute atomic E-state index is 0.895. The van der Waals surface area contributed by atoms with Crippen LogP contribution in [0.4, 0.5) is 0 Å². The van der Waals surface area contributed by atoms with E-state index in [1.807, 2.05) is 0 Å². The number of benzene rings is 2. The maximum absolute atomic E-state index is 2.22. The normalized spacial score (nSPS) is 15.6. The fourth-order valence-electron chi connectivity index (χ4n) is 3.32. The van der Waals surface area contributed by atoms with E-state index in [9.17, 15) is 0 Å². The minimum Gasteiger partial charge on any atom is -0.350 e. The lowest BCUT2D eigenvalue weighted by atomic mass is 10.0. The van der Waals surface area contributed by atoms with Gasteiger partial charge in [-0.1, -0.05) is 59.7 Å². The Morgan fingerprint density at radius 3 is 1.14 bits per heavy atom. The Labute approximate surface area is 168 Å². The Bertz CT molecular complexity index is 857. The van der Waals surface area contributed by atoms with E-state index >= 15 is 0 Å². The van der Waals surface area contributed by atoms with Crippen LogP contribution in [0.15, 0.2) is 109 Å². The summed E-state index contributed by atoms with van der Waals surface area (Å²) >= 11 is 0. The number of hydrogen-bond donors (Lipinski definition) is 0. The van der Waals surface area contributed by atoms with E-state index in [1.54, 1.807) is 0 Å². The van der Waals surface area contributed by atoms with Crippen molar-refractivity contribution in [2.24, 2.45) is 0 Å². The summed E-state index contributed by atoms with van der Waals surface area (Å²) in [7, 11) is 0. The summed E-state index contributed by atoms with van der Waals surface area (Å²) < 4.78 is 0. The minimum atomic E-state index is 0.895. The Hall–Kier alpha value is -3.26. The molecule has 2 nitrogen and oxygen atoms in total. The number of nitrogens with zero attached hydrogens (tertiary/aromatic N) is 2. The van der Waals surface area contributed by atoms with Crippen molar-refractivity contribution in [1.29, 1.82) is 0 Å². The molecule has 0 atom stereocenters. The maximum atomic E-state index is 2.22. The molecule has 0 radical (unpaired) electrons. The first-order valence-corrected chi connectivity index (χ1v) is 9.75. The molecule has 2 aliphatic rings. The second-order valence-electron chi connectivity index (χ2n) is 7.49. The largest absolute Gasteiger partial charge is 0.350 e. The van der Waals surface area contributed by atoms with Crippen molar-refractivity contribution in [2.45, 2.75) is 26.9 Å². The molecule has 0 spiro atoms. The molecule has 140 valence electrons. The van der Waals surface area contributed by atoms with E-state index in [2.05, 4.69) is 121 Å². The third-order valence-corrected chi connectivity index (χ3v) is 5.09. The van der Waals surface area contributed by atoms with E-state index in [4.69, 9.17) is 0 Å². The molecule has 0 amide bonds. The first-order chi connectivity index (χ1) is 13.7. The predicted octanol–water partition coefficient (Wildman–Crippen LogP) is 5.99. The van der Waals surface area contributed by atoms with Gasteiger partial charge in [-0.3, -0.25) is 0 Å². The molecular formula is C26H26N2. The lowest BCUT2D eigenvalue weighted by Crippen LogP contribution is -2.13. The van der Waals surface area contributed by atoms with Gasteiger partial charge in [0, 0.05) is 37.9 Å². The summed E-state index contributed by atoms with van der Waals surface area (Å²) in [6, 6.07) is 17.4. The molecule has 0 aliphatic carbocycles. The standard InChI is InChI=1S/C26H26N2/c1-21-3-7-23(8-4-21)19-27-15-11-25(12-16-27)26-13-17-28(18-14-26)20-24-9-5-22(2)6-10-24/h3-18H,19-20H2,1-2H3. The highest BCUT2D eigenvalue weighted by Gasteiger charge is 2.08. The third-order valence-electron chi connectivity index (χ3n) is 5.09. The molecule has 0 aromatic heterocycles. The Kier molecular flexibility index (Phi) is 5.29. The zero-order valence-corrected chi connectivity index (χ0v) is 16.5. The lowest BCUT2D eigenvalue weighted by molar-refractivity contribution is 0.495. The van der Waals surface area contributed by atoms with Gasteiger partial charge in [0.1, 0.15) is 0 Å². The topological polar surface area (TPSA) is 6.48 Å². The fourth-order valence-corrected chi connectivity index (χ4v) is 3.32. The molecule has 0 N–H and O–H groups in total. The molecule has 2 aromatic rings. The molecule has 28 heavy (non-hydrogen) atoms. The van der Waals surface area contributed by atoms with Crippen LogP contribution < -0.4 is 0 Å². The predicted molar refractivity (Wildman–Crippen MR) is 117 cm³/mol. The summed E-state index contributed by atoms with van der Waals surface area (Å²) in [5.74, 6) is 0. The summed E-state index contributed by atoms with van der Waals surface area (Å²) in [5, 5.41) is 0. The molecule has 0 saturated heterocycles. The monoisotopic (exact) mass is 366 g/mol.